The molecule has 10 aromatic carbocycles. The number of hydroxylamine groups is 1. The molecule has 0 unspecified atom stereocenters. The summed E-state index contributed by atoms with van der Waals surface area (Å²) < 4.78 is 16.1. The normalized spacial score (nSPS) is 23.6. The van der Waals surface area contributed by atoms with Gasteiger partial charge in [-0.05, 0) is 140 Å². The minimum atomic E-state index is -0.304. The quantitative estimate of drug-likeness (QED) is 0.0349. The fourth-order valence-electron chi connectivity index (χ4n) is 17.4. The van der Waals surface area contributed by atoms with Gasteiger partial charge in [0.05, 0.1) is 45.0 Å². The smallest absolute Gasteiger partial charge is 0.309 e. The second-order valence-corrected chi connectivity index (χ2v) is 30.7. The average Bonchev–Trinajstić information content (AvgIpc) is 1.58. The molecule has 4 saturated carbocycles. The summed E-state index contributed by atoms with van der Waals surface area (Å²) in [5.74, 6) is 0.427. The van der Waals surface area contributed by atoms with Crippen molar-refractivity contribution in [3.05, 3.63) is 374 Å². The van der Waals surface area contributed by atoms with Crippen molar-refractivity contribution in [3.63, 3.8) is 0 Å². The second kappa shape index (κ2) is 35.8. The van der Waals surface area contributed by atoms with E-state index in [1.165, 1.54) is 125 Å². The van der Waals surface area contributed by atoms with Gasteiger partial charge in [0, 0.05) is 91.1 Å². The number of hydrogen-bond donors (Lipinski definition) is 2. The summed E-state index contributed by atoms with van der Waals surface area (Å²) >= 11 is 3.44. The van der Waals surface area contributed by atoms with Crippen molar-refractivity contribution in [1.82, 2.24) is 15.3 Å². The van der Waals surface area contributed by atoms with Gasteiger partial charge in [-0.3, -0.25) is 34.2 Å². The minimum absolute atomic E-state index is 0.0628. The number of allylic oxidation sites excluding steroid dienone is 2. The molecule has 4 fully saturated rings. The number of benzene rings is 10. The van der Waals surface area contributed by atoms with Crippen LogP contribution in [0.2, 0.25) is 0 Å². The van der Waals surface area contributed by atoms with Crippen LogP contribution in [0.5, 0.6) is 0 Å². The molecule has 2 N–H and O–H groups in total. The molecule has 17 rings (SSSR count). The van der Waals surface area contributed by atoms with E-state index < -0.39 is 0 Å². The van der Waals surface area contributed by atoms with Crippen molar-refractivity contribution in [2.24, 2.45) is 23.7 Å². The van der Waals surface area contributed by atoms with E-state index in [0.717, 1.165) is 67.7 Å². The van der Waals surface area contributed by atoms with Crippen LogP contribution >= 0.6 is 15.9 Å². The van der Waals surface area contributed by atoms with Crippen molar-refractivity contribution < 1.29 is 38.6 Å². The fourth-order valence-corrected chi connectivity index (χ4v) is 17.7. The van der Waals surface area contributed by atoms with Crippen molar-refractivity contribution in [1.29, 1.82) is 0 Å². The van der Waals surface area contributed by atoms with E-state index in [0.29, 0.717) is 0 Å². The number of nitrogens with one attached hydrogen (secondary N) is 1. The highest BCUT2D eigenvalue weighted by atomic mass is 79.9. The van der Waals surface area contributed by atoms with Gasteiger partial charge >= 0.3 is 17.9 Å². The molecule has 10 aromatic rings. The number of carbonyl (C=O) groups excluding carboxylic acids is 4. The number of rotatable bonds is 19. The lowest BCUT2D eigenvalue weighted by Crippen LogP contribution is -2.27. The first kappa shape index (κ1) is 75.5. The molecule has 0 bridgehead atoms. The summed E-state index contributed by atoms with van der Waals surface area (Å²) in [7, 11) is 4.43. The topological polar surface area (TPSA) is 135 Å². The highest BCUT2D eigenvalue weighted by Crippen LogP contribution is 2.64. The first-order chi connectivity index (χ1) is 53.5. The SMILES string of the molecule is COC(=O)[C@@H]1[C@H](c2ccccc2)[C@H]1c1ccc(Br)cc1.COC(=O)[C@@H]1[C@H](c2ccccc2)[C@H]1c1ccc(C2=CCCCC2)cc1.COC(=O)[C@@H]1[C@H](c2ccccc2)[C@H]1c1ccc(C2=CCN(Cc3ccccc3)CC2)cc1.O=C(NO)[C@@H]1[C@H](c2ccccc2)[C@H]1c1ccc(C2=CCN(Cc3ccccc3)CC2)cc1. The van der Waals surface area contributed by atoms with E-state index >= 15 is 0 Å². The average molecular weight is 1510 g/mol. The molecule has 5 aliphatic carbocycles. The van der Waals surface area contributed by atoms with Crippen molar-refractivity contribution in [2.75, 3.05) is 47.5 Å². The Labute approximate surface area is 650 Å². The lowest BCUT2D eigenvalue weighted by molar-refractivity contribution is -0.143. The van der Waals surface area contributed by atoms with Gasteiger partial charge in [-0.1, -0.05) is 301 Å². The lowest BCUT2D eigenvalue weighted by Gasteiger charge is -2.26. The van der Waals surface area contributed by atoms with Crippen molar-refractivity contribution >= 4 is 56.5 Å². The molecule has 2 heterocycles. The van der Waals surface area contributed by atoms with Gasteiger partial charge in [0.2, 0.25) is 5.91 Å². The molecule has 1 amide bonds. The molecule has 0 spiro atoms. The van der Waals surface area contributed by atoms with Crippen LogP contribution in [-0.4, -0.2) is 86.3 Å². The van der Waals surface area contributed by atoms with Crippen molar-refractivity contribution in [3.8, 4) is 0 Å². The number of methoxy groups -OCH3 is 3. The number of nitrogens with zero attached hydrogens (tertiary/aromatic N) is 2. The molecule has 12 atom stereocenters. The number of esters is 3. The highest BCUT2D eigenvalue weighted by molar-refractivity contribution is 9.10. The first-order valence-corrected chi connectivity index (χ1v) is 39.3. The Bertz CT molecular complexity index is 4590. The molecule has 0 radical (unpaired) electrons. The minimum Gasteiger partial charge on any atom is -0.469 e. The van der Waals surface area contributed by atoms with Gasteiger partial charge in [0.25, 0.3) is 0 Å². The van der Waals surface area contributed by atoms with Crippen LogP contribution in [0.15, 0.2) is 302 Å². The van der Waals surface area contributed by atoms with Crippen LogP contribution in [0.25, 0.3) is 16.7 Å². The van der Waals surface area contributed by atoms with E-state index in [2.05, 4.69) is 238 Å². The third kappa shape index (κ3) is 18.2. The molecule has 0 saturated heterocycles. The number of halogens is 1. The summed E-state index contributed by atoms with van der Waals surface area (Å²) in [6.07, 6.45) is 14.2. The molecular formula is C97H96BrN3O8. The monoisotopic (exact) mass is 1510 g/mol. The van der Waals surface area contributed by atoms with Gasteiger partial charge in [-0.15, -0.1) is 0 Å². The maximum absolute atomic E-state index is 12.4. The maximum atomic E-state index is 12.4. The van der Waals surface area contributed by atoms with E-state index in [1.54, 1.807) is 0 Å². The fraction of sp³-hybridized carbons (Fsp3) is 0.278. The number of amides is 1. The third-order valence-corrected chi connectivity index (χ3v) is 23.8. The van der Waals surface area contributed by atoms with Gasteiger partial charge in [0.1, 0.15) is 0 Å². The second-order valence-electron chi connectivity index (χ2n) is 29.8. The summed E-state index contributed by atoms with van der Waals surface area (Å²) in [6.45, 7) is 6.06. The van der Waals surface area contributed by atoms with Crippen LogP contribution in [0.3, 0.4) is 0 Å². The van der Waals surface area contributed by atoms with Crippen LogP contribution in [0.4, 0.5) is 0 Å². The largest absolute Gasteiger partial charge is 0.469 e. The predicted octanol–water partition coefficient (Wildman–Crippen LogP) is 20.1. The summed E-state index contributed by atoms with van der Waals surface area (Å²) in [4.78, 5) is 53.8. The maximum Gasteiger partial charge on any atom is 0.309 e. The van der Waals surface area contributed by atoms with Gasteiger partial charge in [-0.25, -0.2) is 5.48 Å². The third-order valence-electron chi connectivity index (χ3n) is 23.3. The van der Waals surface area contributed by atoms with Gasteiger partial charge < -0.3 is 14.2 Å². The zero-order chi connectivity index (χ0) is 75.2. The summed E-state index contributed by atoms with van der Waals surface area (Å²) in [5, 5.41) is 9.19. The molecule has 0 aromatic heterocycles. The van der Waals surface area contributed by atoms with Gasteiger partial charge in [-0.2, -0.15) is 0 Å². The zero-order valence-corrected chi connectivity index (χ0v) is 63.9. The van der Waals surface area contributed by atoms with E-state index in [1.807, 2.05) is 90.4 Å². The van der Waals surface area contributed by atoms with Crippen LogP contribution in [-0.2, 0) is 46.5 Å². The highest BCUT2D eigenvalue weighted by Gasteiger charge is 2.59. The van der Waals surface area contributed by atoms with Crippen molar-refractivity contribution in [2.45, 2.75) is 99.0 Å². The lowest BCUT2D eigenvalue weighted by atomic mass is 9.92. The molecule has 12 heteroatoms. The molecule has 11 nitrogen and oxygen atoms in total. The predicted molar refractivity (Wildman–Crippen MR) is 436 cm³/mol. The zero-order valence-electron chi connectivity index (χ0n) is 62.3. The number of ether oxygens (including phenoxy) is 3. The Kier molecular flexibility index (Phi) is 24.8. The van der Waals surface area contributed by atoms with Crippen LogP contribution in [0, 0.1) is 23.7 Å². The Morgan fingerprint density at radius 2 is 0.624 bits per heavy atom. The van der Waals surface area contributed by atoms with Gasteiger partial charge in [0.15, 0.2) is 0 Å². The van der Waals surface area contributed by atoms with E-state index in [4.69, 9.17) is 14.2 Å². The number of carbonyl (C=O) groups is 4. The molecule has 109 heavy (non-hydrogen) atoms. The summed E-state index contributed by atoms with van der Waals surface area (Å²) in [5.41, 5.74) is 22.3. The van der Waals surface area contributed by atoms with Crippen LogP contribution < -0.4 is 5.48 Å². The first-order valence-electron chi connectivity index (χ1n) is 38.5. The standard InChI is InChI=1S/C29H29NO2.C28H28N2O2.C23H24O2.C17H15BrO2/c1-32-29(31)28-26(24-10-6-3-7-11-24)27(28)25-14-12-22(13-15-25)23-16-18-30(19-17-23)20-21-8-4-2-5-9-21;31-28(29-32)27-25(23-9-5-2-6-10-23)26(27)24-13-11-21(12-14-24)22-15-17-30(18-16-22)19-20-7-3-1-4-8-20;1-25-23(24)22-20(18-10-6-3-7-11-18)21(22)19-14-12-17(13-15-19)16-8-4-2-5-9-16;1-20-17(19)16-14(11-5-3-2-4-6-11)15(16)12-7-9-13(18)10-8-12/h2-16,26-28H,17-20H2,1H3;1-15,25-27,32H,16-19H2,(H,29,31);3,6-8,10-15,20-22H,2,4-5,9H2,1H3;2-10,14-16H,1H3/t26-,27-,28-;25-,26-,27-;20-,21-,22-;14-,15-,16-/m1111/s1. The molecule has 554 valence electrons. The Morgan fingerprint density at radius 1 is 0.349 bits per heavy atom. The van der Waals surface area contributed by atoms with Crippen LogP contribution in [0.1, 0.15) is 158 Å². The molecular weight excluding hydrogens is 1410 g/mol. The Hall–Kier alpha value is -10.3. The Morgan fingerprint density at radius 3 is 0.890 bits per heavy atom. The molecule has 7 aliphatic rings. The van der Waals surface area contributed by atoms with E-state index in [-0.39, 0.29) is 94.8 Å². The summed E-state index contributed by atoms with van der Waals surface area (Å²) in [6, 6.07) is 96.8. The number of hydrogen-bond acceptors (Lipinski definition) is 10. The molecule has 2 aliphatic heterocycles. The van der Waals surface area contributed by atoms with E-state index in [9.17, 15) is 24.4 Å². The Balaban J connectivity index is 0.000000123.